The Bertz CT molecular complexity index is 398. The van der Waals surface area contributed by atoms with Crippen molar-refractivity contribution in [3.63, 3.8) is 0 Å². The van der Waals surface area contributed by atoms with E-state index in [1.54, 1.807) is 6.92 Å². The summed E-state index contributed by atoms with van der Waals surface area (Å²) in [7, 11) is 1.46. The predicted molar refractivity (Wildman–Crippen MR) is 53.3 cm³/mol. The number of carbonyl (C=O) groups excluding carboxylic acids is 1. The third-order valence-electron chi connectivity index (χ3n) is 1.79. The predicted octanol–water partition coefficient (Wildman–Crippen LogP) is 0.732. The molecule has 1 rings (SSSR count). The second-order valence-electron chi connectivity index (χ2n) is 2.90. The number of nitriles is 1. The Balaban J connectivity index is 2.87. The van der Waals surface area contributed by atoms with Crippen LogP contribution in [0.1, 0.15) is 17.3 Å². The fraction of sp³-hybridized carbons (Fsp3) is 0.300. The van der Waals surface area contributed by atoms with Gasteiger partial charge in [-0.3, -0.25) is 9.78 Å². The molecule has 0 aliphatic carbocycles. The number of ether oxygens (including phenoxy) is 1. The number of nitrogens with one attached hydrogen (secondary N) is 1. The Morgan fingerprint density at radius 1 is 1.73 bits per heavy atom. The maximum absolute atomic E-state index is 11.6. The molecular formula is C10H11N3O2. The third kappa shape index (κ3) is 2.68. The van der Waals surface area contributed by atoms with Gasteiger partial charge in [0.2, 0.25) is 0 Å². The molecule has 1 aromatic rings. The smallest absolute Gasteiger partial charge is 0.256 e. The quantitative estimate of drug-likeness (QED) is 0.789. The van der Waals surface area contributed by atoms with Crippen molar-refractivity contribution in [2.24, 2.45) is 0 Å². The average molecular weight is 205 g/mol. The summed E-state index contributed by atoms with van der Waals surface area (Å²) < 4.78 is 4.98. The van der Waals surface area contributed by atoms with Crippen molar-refractivity contribution in [2.45, 2.75) is 13.0 Å². The van der Waals surface area contributed by atoms with Crippen molar-refractivity contribution in [2.75, 3.05) is 7.11 Å². The average Bonchev–Trinajstić information content (AvgIpc) is 2.28. The van der Waals surface area contributed by atoms with Gasteiger partial charge in [-0.15, -0.1) is 0 Å². The zero-order valence-electron chi connectivity index (χ0n) is 8.52. The lowest BCUT2D eigenvalue weighted by molar-refractivity contribution is 0.0944. The van der Waals surface area contributed by atoms with Gasteiger partial charge in [0.1, 0.15) is 11.8 Å². The summed E-state index contributed by atoms with van der Waals surface area (Å²) in [6, 6.07) is 2.92. The topological polar surface area (TPSA) is 75.0 Å². The monoisotopic (exact) mass is 205 g/mol. The minimum absolute atomic E-state index is 0.344. The van der Waals surface area contributed by atoms with Crippen LogP contribution >= 0.6 is 0 Å². The van der Waals surface area contributed by atoms with Crippen molar-refractivity contribution < 1.29 is 9.53 Å². The summed E-state index contributed by atoms with van der Waals surface area (Å²) in [5.41, 5.74) is 0.370. The number of hydrogen-bond donors (Lipinski definition) is 1. The molecular weight excluding hydrogens is 194 g/mol. The van der Waals surface area contributed by atoms with Crippen LogP contribution in [0.25, 0.3) is 0 Å². The molecule has 0 radical (unpaired) electrons. The molecule has 15 heavy (non-hydrogen) atoms. The van der Waals surface area contributed by atoms with Crippen molar-refractivity contribution in [3.8, 4) is 11.8 Å². The first-order valence-corrected chi connectivity index (χ1v) is 4.37. The molecule has 1 unspecified atom stereocenters. The Morgan fingerprint density at radius 3 is 3.07 bits per heavy atom. The lowest BCUT2D eigenvalue weighted by Crippen LogP contribution is -2.31. The fourth-order valence-corrected chi connectivity index (χ4v) is 1.04. The molecule has 5 nitrogen and oxygen atoms in total. The summed E-state index contributed by atoms with van der Waals surface area (Å²) in [6.45, 7) is 1.60. The highest BCUT2D eigenvalue weighted by atomic mass is 16.5. The highest BCUT2D eigenvalue weighted by Crippen LogP contribution is 2.15. The van der Waals surface area contributed by atoms with Gasteiger partial charge in [0, 0.05) is 6.20 Å². The van der Waals surface area contributed by atoms with Crippen LogP contribution in [0.2, 0.25) is 0 Å². The summed E-state index contributed by atoms with van der Waals surface area (Å²) >= 11 is 0. The first-order chi connectivity index (χ1) is 7.19. The van der Waals surface area contributed by atoms with Crippen LogP contribution < -0.4 is 10.1 Å². The zero-order chi connectivity index (χ0) is 11.3. The van der Waals surface area contributed by atoms with Gasteiger partial charge in [-0.1, -0.05) is 0 Å². The van der Waals surface area contributed by atoms with Crippen LogP contribution in [0.3, 0.4) is 0 Å². The minimum atomic E-state index is -0.532. The van der Waals surface area contributed by atoms with E-state index in [2.05, 4.69) is 10.3 Å². The molecule has 0 aromatic carbocycles. The summed E-state index contributed by atoms with van der Waals surface area (Å²) in [6.07, 6.45) is 2.94. The van der Waals surface area contributed by atoms with Crippen LogP contribution in [0.15, 0.2) is 18.5 Å². The number of methoxy groups -OCH3 is 1. The molecule has 1 aromatic heterocycles. The number of hydrogen-bond acceptors (Lipinski definition) is 4. The van der Waals surface area contributed by atoms with Gasteiger partial charge in [0.05, 0.1) is 24.9 Å². The number of nitrogens with zero attached hydrogens (tertiary/aromatic N) is 2. The molecule has 5 heteroatoms. The molecule has 0 bridgehead atoms. The highest BCUT2D eigenvalue weighted by molar-refractivity contribution is 5.97. The van der Waals surface area contributed by atoms with E-state index in [0.717, 1.165) is 0 Å². The first-order valence-electron chi connectivity index (χ1n) is 4.37. The van der Waals surface area contributed by atoms with E-state index in [1.807, 2.05) is 6.07 Å². The molecule has 0 aliphatic heterocycles. The first kappa shape index (κ1) is 11.0. The Hall–Kier alpha value is -2.09. The number of rotatable bonds is 3. The van der Waals surface area contributed by atoms with Gasteiger partial charge >= 0.3 is 0 Å². The van der Waals surface area contributed by atoms with E-state index in [-0.39, 0.29) is 5.91 Å². The van der Waals surface area contributed by atoms with Crippen LogP contribution in [0.4, 0.5) is 0 Å². The van der Waals surface area contributed by atoms with E-state index in [9.17, 15) is 4.79 Å². The zero-order valence-corrected chi connectivity index (χ0v) is 8.52. The molecule has 1 atom stereocenters. The summed E-state index contributed by atoms with van der Waals surface area (Å²) in [5.74, 6) is 0.0449. The maximum atomic E-state index is 11.6. The molecule has 0 saturated carbocycles. The van der Waals surface area contributed by atoms with E-state index >= 15 is 0 Å². The van der Waals surface area contributed by atoms with E-state index in [4.69, 9.17) is 10.00 Å². The molecule has 1 heterocycles. The molecule has 0 aliphatic rings. The second-order valence-corrected chi connectivity index (χ2v) is 2.90. The van der Waals surface area contributed by atoms with Crippen LogP contribution in [-0.4, -0.2) is 24.0 Å². The van der Waals surface area contributed by atoms with Crippen molar-refractivity contribution >= 4 is 5.91 Å². The second kappa shape index (κ2) is 4.96. The maximum Gasteiger partial charge on any atom is 0.256 e. The van der Waals surface area contributed by atoms with Gasteiger partial charge in [-0.05, 0) is 13.0 Å². The largest absolute Gasteiger partial charge is 0.494 e. The Morgan fingerprint density at radius 2 is 2.47 bits per heavy atom. The Labute approximate surface area is 87.7 Å². The van der Waals surface area contributed by atoms with Crippen molar-refractivity contribution in [3.05, 3.63) is 24.0 Å². The van der Waals surface area contributed by atoms with Gasteiger partial charge in [0.25, 0.3) is 5.91 Å². The van der Waals surface area contributed by atoms with Crippen LogP contribution in [0.5, 0.6) is 5.75 Å². The normalized spacial score (nSPS) is 11.3. The molecule has 0 spiro atoms. The Kier molecular flexibility index (Phi) is 3.63. The summed E-state index contributed by atoms with van der Waals surface area (Å²) in [4.78, 5) is 15.5. The number of aromatic nitrogens is 1. The van der Waals surface area contributed by atoms with Gasteiger partial charge < -0.3 is 10.1 Å². The highest BCUT2D eigenvalue weighted by Gasteiger charge is 2.13. The molecule has 1 amide bonds. The van der Waals surface area contributed by atoms with Crippen molar-refractivity contribution in [1.29, 1.82) is 5.26 Å². The SMILES string of the molecule is COc1cnccc1C(=O)NC(C)C#N. The van der Waals surface area contributed by atoms with E-state index in [0.29, 0.717) is 11.3 Å². The minimum Gasteiger partial charge on any atom is -0.494 e. The lowest BCUT2D eigenvalue weighted by Gasteiger charge is -2.09. The van der Waals surface area contributed by atoms with Crippen LogP contribution in [0, 0.1) is 11.3 Å². The van der Waals surface area contributed by atoms with Gasteiger partial charge in [-0.25, -0.2) is 0 Å². The number of carbonyl (C=O) groups is 1. The van der Waals surface area contributed by atoms with Gasteiger partial charge in [0.15, 0.2) is 0 Å². The molecule has 1 N–H and O–H groups in total. The number of pyridine rings is 1. The fourth-order valence-electron chi connectivity index (χ4n) is 1.04. The van der Waals surface area contributed by atoms with Crippen molar-refractivity contribution in [1.82, 2.24) is 10.3 Å². The molecule has 78 valence electrons. The summed E-state index contributed by atoms with van der Waals surface area (Å²) in [5, 5.41) is 11.1. The van der Waals surface area contributed by atoms with Gasteiger partial charge in [-0.2, -0.15) is 5.26 Å². The van der Waals surface area contributed by atoms with Crippen LogP contribution in [-0.2, 0) is 0 Å². The molecule has 0 fully saturated rings. The van der Waals surface area contributed by atoms with E-state index in [1.165, 1.54) is 25.6 Å². The lowest BCUT2D eigenvalue weighted by atomic mass is 10.2. The van der Waals surface area contributed by atoms with E-state index < -0.39 is 6.04 Å². The molecule has 0 saturated heterocycles. The third-order valence-corrected chi connectivity index (χ3v) is 1.79. The standard InChI is InChI=1S/C10H11N3O2/c1-7(5-11)13-10(14)8-3-4-12-6-9(8)15-2/h3-4,6-7H,1-2H3,(H,13,14). The number of amides is 1.